The number of allylic oxidation sites excluding steroid dienone is 3. The molecule has 1 aromatic rings. The molecule has 0 unspecified atom stereocenters. The predicted octanol–water partition coefficient (Wildman–Crippen LogP) is 4.44. The first-order chi connectivity index (χ1) is 8.06. The Balaban J connectivity index is 3.29. The van der Waals surface area contributed by atoms with Crippen LogP contribution in [-0.4, -0.2) is 5.24 Å². The molecule has 0 aliphatic rings. The number of halogens is 1. The lowest BCUT2D eigenvalue weighted by Crippen LogP contribution is -1.95. The van der Waals surface area contributed by atoms with Crippen LogP contribution in [0.5, 0.6) is 0 Å². The molecule has 1 rings (SSSR count). The fraction of sp³-hybridized carbons (Fsp3) is 0.133. The molecule has 0 atom stereocenters. The Labute approximate surface area is 107 Å². The minimum absolute atomic E-state index is 0.448. The van der Waals surface area contributed by atoms with E-state index in [1.165, 1.54) is 0 Å². The molecule has 2 heteroatoms. The summed E-state index contributed by atoms with van der Waals surface area (Å²) in [7, 11) is 0. The maximum Gasteiger partial charge on any atom is 0.252 e. The molecule has 0 spiro atoms. The first kappa shape index (κ1) is 13.5. The first-order valence-corrected chi connectivity index (χ1v) is 5.73. The zero-order chi connectivity index (χ0) is 12.8. The highest BCUT2D eigenvalue weighted by molar-refractivity contribution is 6.68. The fourth-order valence-corrected chi connectivity index (χ4v) is 1.69. The number of rotatable bonds is 4. The molecule has 0 fully saturated rings. The van der Waals surface area contributed by atoms with Crippen molar-refractivity contribution in [2.45, 2.75) is 13.8 Å². The van der Waals surface area contributed by atoms with Crippen molar-refractivity contribution in [1.29, 1.82) is 0 Å². The number of benzene rings is 1. The van der Waals surface area contributed by atoms with Crippen LogP contribution in [0.4, 0.5) is 0 Å². The third-order valence-corrected chi connectivity index (χ3v) is 2.52. The lowest BCUT2D eigenvalue weighted by atomic mass is 10.0. The van der Waals surface area contributed by atoms with Crippen LogP contribution >= 0.6 is 11.6 Å². The van der Waals surface area contributed by atoms with Crippen molar-refractivity contribution in [2.75, 3.05) is 0 Å². The summed E-state index contributed by atoms with van der Waals surface area (Å²) >= 11 is 5.53. The number of carbonyl (C=O) groups is 1. The van der Waals surface area contributed by atoms with Crippen LogP contribution in [0.25, 0.3) is 12.2 Å². The molecule has 88 valence electrons. The van der Waals surface area contributed by atoms with E-state index in [1.54, 1.807) is 13.0 Å². The second kappa shape index (κ2) is 6.21. The fourth-order valence-electron chi connectivity index (χ4n) is 1.48. The molecule has 0 aliphatic carbocycles. The molecule has 0 radical (unpaired) electrons. The molecular formula is C15H15ClO. The van der Waals surface area contributed by atoms with Gasteiger partial charge in [0.05, 0.1) is 0 Å². The molecule has 1 nitrogen and oxygen atoms in total. The molecule has 17 heavy (non-hydrogen) atoms. The van der Waals surface area contributed by atoms with E-state index in [4.69, 9.17) is 11.6 Å². The monoisotopic (exact) mass is 246 g/mol. The quantitative estimate of drug-likeness (QED) is 0.436. The van der Waals surface area contributed by atoms with Gasteiger partial charge in [-0.1, -0.05) is 43.0 Å². The molecule has 0 aliphatic heterocycles. The Bertz CT molecular complexity index is 479. The van der Waals surface area contributed by atoms with Crippen LogP contribution in [0.1, 0.15) is 25.0 Å². The van der Waals surface area contributed by atoms with Crippen LogP contribution < -0.4 is 0 Å². The normalized spacial score (nSPS) is 11.8. The highest BCUT2D eigenvalue weighted by Gasteiger charge is 2.07. The van der Waals surface area contributed by atoms with Crippen molar-refractivity contribution in [1.82, 2.24) is 0 Å². The van der Waals surface area contributed by atoms with Crippen molar-refractivity contribution in [3.8, 4) is 0 Å². The maximum atomic E-state index is 11.3. The van der Waals surface area contributed by atoms with Crippen molar-refractivity contribution in [3.63, 3.8) is 0 Å². The lowest BCUT2D eigenvalue weighted by Gasteiger charge is -2.04. The lowest BCUT2D eigenvalue weighted by molar-refractivity contribution is -0.108. The van der Waals surface area contributed by atoms with Crippen molar-refractivity contribution in [2.24, 2.45) is 0 Å². The molecular weight excluding hydrogens is 232 g/mol. The summed E-state index contributed by atoms with van der Waals surface area (Å²) in [6.07, 6.45) is 5.71. The van der Waals surface area contributed by atoms with Gasteiger partial charge in [-0.3, -0.25) is 4.79 Å². The number of hydrogen-bond acceptors (Lipinski definition) is 1. The first-order valence-electron chi connectivity index (χ1n) is 5.35. The minimum atomic E-state index is -0.479. The molecule has 1 aromatic carbocycles. The van der Waals surface area contributed by atoms with E-state index in [1.807, 2.05) is 43.3 Å². The summed E-state index contributed by atoms with van der Waals surface area (Å²) in [6.45, 7) is 7.48. The van der Waals surface area contributed by atoms with Gasteiger partial charge in [0.25, 0.3) is 5.24 Å². The van der Waals surface area contributed by atoms with E-state index in [2.05, 4.69) is 6.58 Å². The largest absolute Gasteiger partial charge is 0.276 e. The van der Waals surface area contributed by atoms with E-state index < -0.39 is 5.24 Å². The number of carbonyl (C=O) groups excluding carboxylic acids is 1. The second-order valence-corrected chi connectivity index (χ2v) is 4.08. The molecule has 0 aromatic heterocycles. The minimum Gasteiger partial charge on any atom is -0.276 e. The summed E-state index contributed by atoms with van der Waals surface area (Å²) in [5, 5.41) is -0.479. The highest BCUT2D eigenvalue weighted by atomic mass is 35.5. The smallest absolute Gasteiger partial charge is 0.252 e. The molecule has 0 amide bonds. The number of hydrogen-bond donors (Lipinski definition) is 0. The van der Waals surface area contributed by atoms with Gasteiger partial charge < -0.3 is 0 Å². The summed E-state index contributed by atoms with van der Waals surface area (Å²) < 4.78 is 0. The van der Waals surface area contributed by atoms with Crippen molar-refractivity contribution < 1.29 is 4.79 Å². The van der Waals surface area contributed by atoms with Gasteiger partial charge in [0.2, 0.25) is 0 Å². The zero-order valence-electron chi connectivity index (χ0n) is 10.0. The van der Waals surface area contributed by atoms with Crippen LogP contribution in [0.2, 0.25) is 0 Å². The molecule has 0 heterocycles. The average Bonchev–Trinajstić information content (AvgIpc) is 2.27. The van der Waals surface area contributed by atoms with Gasteiger partial charge in [0, 0.05) is 5.57 Å². The van der Waals surface area contributed by atoms with Crippen LogP contribution in [0.3, 0.4) is 0 Å². The van der Waals surface area contributed by atoms with Crippen LogP contribution in [0.15, 0.2) is 48.1 Å². The van der Waals surface area contributed by atoms with Gasteiger partial charge in [0.1, 0.15) is 0 Å². The summed E-state index contributed by atoms with van der Waals surface area (Å²) in [5.41, 5.74) is 3.12. The van der Waals surface area contributed by atoms with E-state index >= 15 is 0 Å². The topological polar surface area (TPSA) is 17.1 Å². The standard InChI is InChI=1S/C15H15ClO/c1-4-7-12-8-5-6-9-13(12)10-14(11(2)3)15(16)17/h4-10H,2H2,1,3H3/b7-4-,14-10+. The zero-order valence-corrected chi connectivity index (χ0v) is 10.8. The summed E-state index contributed by atoms with van der Waals surface area (Å²) in [4.78, 5) is 11.3. The maximum absolute atomic E-state index is 11.3. The average molecular weight is 247 g/mol. The Kier molecular flexibility index (Phi) is 4.92. The SMILES string of the molecule is C=C(C)/C(=C\c1ccccc1/C=C\C)C(=O)Cl. The summed E-state index contributed by atoms with van der Waals surface area (Å²) in [6, 6.07) is 7.81. The second-order valence-electron chi connectivity index (χ2n) is 3.74. The van der Waals surface area contributed by atoms with Gasteiger partial charge in [-0.2, -0.15) is 0 Å². The van der Waals surface area contributed by atoms with E-state index in [0.29, 0.717) is 11.1 Å². The van der Waals surface area contributed by atoms with Crippen LogP contribution in [-0.2, 0) is 4.79 Å². The Morgan fingerprint density at radius 3 is 2.35 bits per heavy atom. The van der Waals surface area contributed by atoms with Crippen molar-refractivity contribution in [3.05, 3.63) is 59.2 Å². The van der Waals surface area contributed by atoms with Gasteiger partial charge >= 0.3 is 0 Å². The third kappa shape index (κ3) is 3.72. The van der Waals surface area contributed by atoms with Gasteiger partial charge in [0.15, 0.2) is 0 Å². The van der Waals surface area contributed by atoms with Crippen LogP contribution in [0, 0.1) is 0 Å². The predicted molar refractivity (Wildman–Crippen MR) is 74.8 cm³/mol. The molecule has 0 bridgehead atoms. The van der Waals surface area contributed by atoms with Gasteiger partial charge in [-0.15, -0.1) is 0 Å². The van der Waals surface area contributed by atoms with Crippen molar-refractivity contribution >= 4 is 29.0 Å². The molecule has 0 saturated heterocycles. The summed E-state index contributed by atoms with van der Waals surface area (Å²) in [5.74, 6) is 0. The Hall–Kier alpha value is -1.60. The Morgan fingerprint density at radius 1 is 1.29 bits per heavy atom. The van der Waals surface area contributed by atoms with Gasteiger partial charge in [-0.25, -0.2) is 0 Å². The van der Waals surface area contributed by atoms with E-state index in [9.17, 15) is 4.79 Å². The van der Waals surface area contributed by atoms with E-state index in [-0.39, 0.29) is 0 Å². The molecule has 0 N–H and O–H groups in total. The van der Waals surface area contributed by atoms with Gasteiger partial charge in [-0.05, 0) is 48.2 Å². The third-order valence-electron chi connectivity index (χ3n) is 2.31. The van der Waals surface area contributed by atoms with E-state index in [0.717, 1.165) is 11.1 Å². The highest BCUT2D eigenvalue weighted by Crippen LogP contribution is 2.19. The molecule has 0 saturated carbocycles. The Morgan fingerprint density at radius 2 is 1.88 bits per heavy atom.